The molecule has 1 amide bonds. The molecule has 162 valence electrons. The van der Waals surface area contributed by atoms with Gasteiger partial charge in [-0.2, -0.15) is 0 Å². The predicted octanol–water partition coefficient (Wildman–Crippen LogP) is 4.87. The molecule has 3 aromatic rings. The normalized spacial score (nSPS) is 11.1. The van der Waals surface area contributed by atoms with Crippen LogP contribution in [0.3, 0.4) is 0 Å². The number of ether oxygens (including phenoxy) is 1. The Morgan fingerprint density at radius 1 is 1.10 bits per heavy atom. The molecule has 0 saturated carbocycles. The summed E-state index contributed by atoms with van der Waals surface area (Å²) in [5.74, 6) is 1.34. The molecule has 0 saturated heterocycles. The maximum absolute atomic E-state index is 12.5. The standard InChI is InChI=1S/C24H26N2O4S/c1-24(2,3)16-7-5-15(6-8-16)22(28)26-23(31)25-17-9-11-19(21(13-17)29-4)20-12-10-18(14-27)30-20/h5-13,27H,14H2,1-4H3,(H2,25,26,28,31). The number of furan rings is 1. The van der Waals surface area contributed by atoms with E-state index in [2.05, 4.69) is 31.4 Å². The van der Waals surface area contributed by atoms with E-state index >= 15 is 0 Å². The van der Waals surface area contributed by atoms with E-state index in [1.807, 2.05) is 18.2 Å². The Balaban J connectivity index is 1.68. The summed E-state index contributed by atoms with van der Waals surface area (Å²) < 4.78 is 11.0. The van der Waals surface area contributed by atoms with Gasteiger partial charge in [-0.3, -0.25) is 10.1 Å². The van der Waals surface area contributed by atoms with Crippen molar-refractivity contribution < 1.29 is 19.1 Å². The summed E-state index contributed by atoms with van der Waals surface area (Å²) in [7, 11) is 1.56. The van der Waals surface area contributed by atoms with Crippen LogP contribution in [0.1, 0.15) is 42.5 Å². The number of rotatable bonds is 5. The molecule has 0 aliphatic heterocycles. The molecule has 0 unspecified atom stereocenters. The topological polar surface area (TPSA) is 83.7 Å². The van der Waals surface area contributed by atoms with Crippen LogP contribution in [0.25, 0.3) is 11.3 Å². The molecule has 0 radical (unpaired) electrons. The van der Waals surface area contributed by atoms with Crippen molar-refractivity contribution in [3.63, 3.8) is 0 Å². The highest BCUT2D eigenvalue weighted by atomic mass is 32.1. The summed E-state index contributed by atoms with van der Waals surface area (Å²) in [4.78, 5) is 12.5. The van der Waals surface area contributed by atoms with E-state index in [9.17, 15) is 9.90 Å². The fraction of sp³-hybridized carbons (Fsp3) is 0.250. The summed E-state index contributed by atoms with van der Waals surface area (Å²) in [5, 5.41) is 15.1. The predicted molar refractivity (Wildman–Crippen MR) is 125 cm³/mol. The second-order valence-corrected chi connectivity index (χ2v) is 8.48. The Kier molecular flexibility index (Phi) is 6.77. The zero-order valence-corrected chi connectivity index (χ0v) is 18.8. The number of benzene rings is 2. The van der Waals surface area contributed by atoms with Gasteiger partial charge in [-0.1, -0.05) is 32.9 Å². The third kappa shape index (κ3) is 5.51. The molecule has 0 fully saturated rings. The molecule has 31 heavy (non-hydrogen) atoms. The monoisotopic (exact) mass is 438 g/mol. The lowest BCUT2D eigenvalue weighted by atomic mass is 9.87. The van der Waals surface area contributed by atoms with Crippen LogP contribution >= 0.6 is 12.2 Å². The molecule has 0 aliphatic rings. The van der Waals surface area contributed by atoms with Crippen LogP contribution in [-0.4, -0.2) is 23.2 Å². The molecule has 1 aromatic heterocycles. The number of methoxy groups -OCH3 is 1. The number of aliphatic hydroxyl groups is 1. The Morgan fingerprint density at radius 2 is 1.81 bits per heavy atom. The van der Waals surface area contributed by atoms with Crippen LogP contribution < -0.4 is 15.4 Å². The fourth-order valence-electron chi connectivity index (χ4n) is 3.04. The fourth-order valence-corrected chi connectivity index (χ4v) is 3.25. The number of thiocarbonyl (C=S) groups is 1. The van der Waals surface area contributed by atoms with Crippen LogP contribution in [0.5, 0.6) is 5.75 Å². The Morgan fingerprint density at radius 3 is 2.39 bits per heavy atom. The Labute approximate surface area is 187 Å². The molecule has 7 heteroatoms. The van der Waals surface area contributed by atoms with Crippen molar-refractivity contribution in [2.75, 3.05) is 12.4 Å². The van der Waals surface area contributed by atoms with Gasteiger partial charge < -0.3 is 19.6 Å². The number of carbonyl (C=O) groups excluding carboxylic acids is 1. The SMILES string of the molecule is COc1cc(NC(=S)NC(=O)c2ccc(C(C)(C)C)cc2)ccc1-c1ccc(CO)o1. The van der Waals surface area contributed by atoms with E-state index in [1.54, 1.807) is 43.5 Å². The zero-order valence-electron chi connectivity index (χ0n) is 18.0. The van der Waals surface area contributed by atoms with Gasteiger partial charge in [0.15, 0.2) is 5.11 Å². The van der Waals surface area contributed by atoms with E-state index in [1.165, 1.54) is 0 Å². The first kappa shape index (κ1) is 22.5. The second-order valence-electron chi connectivity index (χ2n) is 8.07. The first-order valence-corrected chi connectivity index (χ1v) is 10.2. The van der Waals surface area contributed by atoms with Crippen molar-refractivity contribution in [2.45, 2.75) is 32.8 Å². The van der Waals surface area contributed by atoms with Crippen molar-refractivity contribution >= 4 is 28.9 Å². The quantitative estimate of drug-likeness (QED) is 0.493. The molecule has 0 bridgehead atoms. The third-order valence-electron chi connectivity index (χ3n) is 4.78. The van der Waals surface area contributed by atoms with Crippen LogP contribution in [0.15, 0.2) is 59.0 Å². The van der Waals surface area contributed by atoms with Gasteiger partial charge in [0.2, 0.25) is 0 Å². The number of hydrogen-bond acceptors (Lipinski definition) is 5. The molecule has 3 N–H and O–H groups in total. The maximum atomic E-state index is 12.5. The molecule has 1 heterocycles. The minimum absolute atomic E-state index is 0.0202. The lowest BCUT2D eigenvalue weighted by molar-refractivity contribution is 0.0977. The van der Waals surface area contributed by atoms with Crippen LogP contribution in [0.4, 0.5) is 5.69 Å². The van der Waals surface area contributed by atoms with Crippen molar-refractivity contribution in [2.24, 2.45) is 0 Å². The highest BCUT2D eigenvalue weighted by Crippen LogP contribution is 2.33. The maximum Gasteiger partial charge on any atom is 0.257 e. The lowest BCUT2D eigenvalue weighted by Crippen LogP contribution is -2.34. The number of amides is 1. The van der Waals surface area contributed by atoms with Gasteiger partial charge in [0.1, 0.15) is 23.9 Å². The minimum Gasteiger partial charge on any atom is -0.496 e. The molecule has 6 nitrogen and oxygen atoms in total. The molecular formula is C24H26N2O4S. The van der Waals surface area contributed by atoms with Crippen molar-refractivity contribution in [1.29, 1.82) is 0 Å². The van der Waals surface area contributed by atoms with E-state index in [0.29, 0.717) is 28.5 Å². The van der Waals surface area contributed by atoms with Gasteiger partial charge in [-0.05, 0) is 59.6 Å². The summed E-state index contributed by atoms with van der Waals surface area (Å²) >= 11 is 5.29. The Hall–Kier alpha value is -3.16. The summed E-state index contributed by atoms with van der Waals surface area (Å²) in [6.45, 7) is 6.20. The molecule has 0 aliphatic carbocycles. The summed E-state index contributed by atoms with van der Waals surface area (Å²) in [6.07, 6.45) is 0. The highest BCUT2D eigenvalue weighted by Gasteiger charge is 2.15. The van der Waals surface area contributed by atoms with E-state index in [0.717, 1.165) is 11.1 Å². The van der Waals surface area contributed by atoms with Gasteiger partial charge in [0.05, 0.1) is 12.7 Å². The van der Waals surface area contributed by atoms with Gasteiger partial charge >= 0.3 is 0 Å². The van der Waals surface area contributed by atoms with Crippen molar-refractivity contribution in [3.05, 3.63) is 71.5 Å². The Bertz CT molecular complexity index is 1080. The zero-order chi connectivity index (χ0) is 22.6. The van der Waals surface area contributed by atoms with E-state index in [4.69, 9.17) is 21.4 Å². The number of anilines is 1. The number of aliphatic hydroxyl groups excluding tert-OH is 1. The van der Waals surface area contributed by atoms with Gasteiger partial charge in [0, 0.05) is 17.3 Å². The second kappa shape index (κ2) is 9.32. The van der Waals surface area contributed by atoms with E-state index < -0.39 is 0 Å². The molecule has 2 aromatic carbocycles. The van der Waals surface area contributed by atoms with Crippen molar-refractivity contribution in [1.82, 2.24) is 5.32 Å². The van der Waals surface area contributed by atoms with Gasteiger partial charge in [-0.15, -0.1) is 0 Å². The average molecular weight is 439 g/mol. The largest absolute Gasteiger partial charge is 0.496 e. The van der Waals surface area contributed by atoms with Crippen LogP contribution in [0, 0.1) is 0 Å². The lowest BCUT2D eigenvalue weighted by Gasteiger charge is -2.19. The third-order valence-corrected chi connectivity index (χ3v) is 4.99. The van der Waals surface area contributed by atoms with Gasteiger partial charge in [-0.25, -0.2) is 0 Å². The summed E-state index contributed by atoms with van der Waals surface area (Å²) in [5.41, 5.74) is 3.10. The molecule has 3 rings (SSSR count). The smallest absolute Gasteiger partial charge is 0.257 e. The first-order valence-electron chi connectivity index (χ1n) is 9.82. The average Bonchev–Trinajstić information content (AvgIpc) is 3.22. The first-order chi connectivity index (χ1) is 14.7. The minimum atomic E-state index is -0.284. The number of carbonyl (C=O) groups is 1. The van der Waals surface area contributed by atoms with E-state index in [-0.39, 0.29) is 23.0 Å². The summed E-state index contributed by atoms with van der Waals surface area (Å²) in [6, 6.07) is 16.3. The van der Waals surface area contributed by atoms with Gasteiger partial charge in [0.25, 0.3) is 5.91 Å². The number of hydrogen-bond donors (Lipinski definition) is 3. The molecule has 0 atom stereocenters. The van der Waals surface area contributed by atoms with Crippen LogP contribution in [-0.2, 0) is 12.0 Å². The molecular weight excluding hydrogens is 412 g/mol. The van der Waals surface area contributed by atoms with Crippen molar-refractivity contribution in [3.8, 4) is 17.1 Å². The molecule has 0 spiro atoms. The number of nitrogens with one attached hydrogen (secondary N) is 2. The highest BCUT2D eigenvalue weighted by molar-refractivity contribution is 7.80. The van der Waals surface area contributed by atoms with Crippen LogP contribution in [0.2, 0.25) is 0 Å².